The van der Waals surface area contributed by atoms with E-state index < -0.39 is 24.0 Å². The molecule has 2 amide bonds. The van der Waals surface area contributed by atoms with Crippen molar-refractivity contribution in [3.8, 4) is 0 Å². The van der Waals surface area contributed by atoms with Crippen molar-refractivity contribution in [1.82, 2.24) is 20.3 Å². The fraction of sp³-hybridized carbons (Fsp3) is 0.286. The molecule has 0 bridgehead atoms. The van der Waals surface area contributed by atoms with Gasteiger partial charge in [-0.3, -0.25) is 19.8 Å². The molecule has 2 aromatic heterocycles. The Balaban J connectivity index is 0.000000470. The number of halogens is 3. The van der Waals surface area contributed by atoms with E-state index in [9.17, 15) is 22.8 Å². The summed E-state index contributed by atoms with van der Waals surface area (Å²) in [5.41, 5.74) is 6.39. The van der Waals surface area contributed by atoms with Gasteiger partial charge in [0.05, 0.1) is 11.4 Å². The van der Waals surface area contributed by atoms with Gasteiger partial charge in [-0.1, -0.05) is 30.7 Å². The number of hydrogen-bond donors (Lipinski definition) is 4. The van der Waals surface area contributed by atoms with E-state index >= 15 is 0 Å². The van der Waals surface area contributed by atoms with Crippen LogP contribution < -0.4 is 10.8 Å². The number of carboxylic acid groups (broad SMARTS) is 1. The summed E-state index contributed by atoms with van der Waals surface area (Å²) in [5, 5.41) is 21.1. The molecule has 40 heavy (non-hydrogen) atoms. The van der Waals surface area contributed by atoms with E-state index in [0.29, 0.717) is 18.5 Å². The minimum absolute atomic E-state index is 0.203. The van der Waals surface area contributed by atoms with Crippen molar-refractivity contribution < 1.29 is 37.9 Å². The molecular formula is C28H27F3N4O5. The number of nitrogens with zero attached hydrogens (tertiary/aromatic N) is 2. The highest BCUT2D eigenvalue weighted by molar-refractivity contribution is 6.07. The van der Waals surface area contributed by atoms with Gasteiger partial charge in [-0.2, -0.15) is 13.2 Å². The smallest absolute Gasteiger partial charge is 0.475 e. The first kappa shape index (κ1) is 28.6. The van der Waals surface area contributed by atoms with E-state index in [4.69, 9.17) is 15.1 Å². The van der Waals surface area contributed by atoms with Gasteiger partial charge in [0, 0.05) is 46.3 Å². The lowest BCUT2D eigenvalue weighted by Crippen LogP contribution is -2.43. The molecule has 0 radical (unpaired) electrons. The fourth-order valence-corrected chi connectivity index (χ4v) is 5.04. The highest BCUT2D eigenvalue weighted by Crippen LogP contribution is 2.28. The number of aryl methyl sites for hydroxylation is 1. The molecule has 2 atom stereocenters. The lowest BCUT2D eigenvalue weighted by Gasteiger charge is -2.19. The molecule has 9 nitrogen and oxygen atoms in total. The Hall–Kier alpha value is -4.45. The summed E-state index contributed by atoms with van der Waals surface area (Å²) in [7, 11) is 0. The zero-order chi connectivity index (χ0) is 29.0. The molecule has 1 aliphatic carbocycles. The van der Waals surface area contributed by atoms with Gasteiger partial charge in [0.15, 0.2) is 0 Å². The zero-order valence-electron chi connectivity index (χ0n) is 21.4. The lowest BCUT2D eigenvalue weighted by molar-refractivity contribution is -0.192. The number of hydroxylamine groups is 1. The Kier molecular flexibility index (Phi) is 8.38. The van der Waals surface area contributed by atoms with Crippen LogP contribution in [0.25, 0.3) is 21.8 Å². The Morgan fingerprint density at radius 2 is 1.77 bits per heavy atom. The minimum atomic E-state index is -5.08. The second kappa shape index (κ2) is 11.7. The van der Waals surface area contributed by atoms with E-state index in [2.05, 4.69) is 27.0 Å². The molecule has 0 saturated heterocycles. The van der Waals surface area contributed by atoms with Crippen molar-refractivity contribution >= 4 is 39.6 Å². The summed E-state index contributed by atoms with van der Waals surface area (Å²) in [4.78, 5) is 38.6. The number of nitrogens with one attached hydrogen (secondary N) is 2. The first-order valence-electron chi connectivity index (χ1n) is 12.5. The molecule has 2 aromatic carbocycles. The number of carboxylic acids is 1. The quantitative estimate of drug-likeness (QED) is 0.210. The highest BCUT2D eigenvalue weighted by atomic mass is 19.4. The van der Waals surface area contributed by atoms with Crippen LogP contribution in [0.5, 0.6) is 0 Å². The number of benzene rings is 2. The van der Waals surface area contributed by atoms with Gasteiger partial charge in [0.25, 0.3) is 5.91 Å². The summed E-state index contributed by atoms with van der Waals surface area (Å²) in [5.74, 6) is -3.81. The van der Waals surface area contributed by atoms with Crippen molar-refractivity contribution in [1.29, 1.82) is 0 Å². The van der Waals surface area contributed by atoms with Crippen molar-refractivity contribution in [3.63, 3.8) is 0 Å². The predicted octanol–water partition coefficient (Wildman–Crippen LogP) is 4.58. The van der Waals surface area contributed by atoms with E-state index in [1.807, 2.05) is 55.6 Å². The van der Waals surface area contributed by atoms with Crippen molar-refractivity contribution in [3.05, 3.63) is 77.6 Å². The number of rotatable bonds is 5. The molecule has 4 aromatic rings. The van der Waals surface area contributed by atoms with Crippen LogP contribution in [0.3, 0.4) is 0 Å². The SMILES string of the molecule is Cc1cc(Cn2ccc3c(C(=O)NC4CCCC4C(=O)NO)cccc32)c2ccccc2n1.O=C(O)C(F)(F)F. The predicted molar refractivity (Wildman–Crippen MR) is 140 cm³/mol. The number of alkyl halides is 3. The fourth-order valence-electron chi connectivity index (χ4n) is 5.04. The summed E-state index contributed by atoms with van der Waals surface area (Å²) < 4.78 is 33.9. The molecule has 4 N–H and O–H groups in total. The molecule has 12 heteroatoms. The molecule has 0 aliphatic heterocycles. The van der Waals surface area contributed by atoms with Crippen LogP contribution in [-0.2, 0) is 16.1 Å². The van der Waals surface area contributed by atoms with E-state index in [1.165, 1.54) is 5.56 Å². The van der Waals surface area contributed by atoms with Crippen molar-refractivity contribution in [2.75, 3.05) is 0 Å². The molecule has 0 spiro atoms. The van der Waals surface area contributed by atoms with Gasteiger partial charge in [-0.15, -0.1) is 0 Å². The molecule has 5 rings (SSSR count). The summed E-state index contributed by atoms with van der Waals surface area (Å²) >= 11 is 0. The van der Waals surface area contributed by atoms with Crippen LogP contribution in [-0.4, -0.2) is 49.9 Å². The first-order valence-corrected chi connectivity index (χ1v) is 12.5. The maximum Gasteiger partial charge on any atom is 0.490 e. The number of aliphatic carboxylic acids is 1. The summed E-state index contributed by atoms with van der Waals surface area (Å²) in [6, 6.07) is 17.6. The third-order valence-electron chi connectivity index (χ3n) is 6.85. The standard InChI is InChI=1S/C26H26N4O3.C2HF3O2/c1-16-14-17(18-6-2-3-9-22(18)27-16)15-30-13-12-19-20(7-5-11-24(19)30)25(31)28-23-10-4-8-21(23)26(32)29-33;3-2(4,5)1(6)7/h2-3,5-7,9,11-14,21,23,33H,4,8,10,15H2,1H3,(H,28,31)(H,29,32);(H,6,7). The van der Waals surface area contributed by atoms with Gasteiger partial charge in [-0.25, -0.2) is 10.3 Å². The van der Waals surface area contributed by atoms with Crippen LogP contribution in [0.4, 0.5) is 13.2 Å². The number of pyridine rings is 1. The number of aromatic nitrogens is 2. The van der Waals surface area contributed by atoms with Gasteiger partial charge >= 0.3 is 12.1 Å². The third kappa shape index (κ3) is 6.23. The average Bonchev–Trinajstić information content (AvgIpc) is 3.55. The van der Waals surface area contributed by atoms with Crippen molar-refractivity contribution in [2.45, 2.75) is 44.9 Å². The number of hydrogen-bond acceptors (Lipinski definition) is 5. The Bertz CT molecular complexity index is 1570. The summed E-state index contributed by atoms with van der Waals surface area (Å²) in [6.45, 7) is 2.67. The van der Waals surface area contributed by atoms with Crippen LogP contribution >= 0.6 is 0 Å². The number of carbonyl (C=O) groups excluding carboxylic acids is 2. The molecule has 210 valence electrons. The van der Waals surface area contributed by atoms with Gasteiger partial charge < -0.3 is 15.0 Å². The van der Waals surface area contributed by atoms with Crippen LogP contribution in [0.15, 0.2) is 60.8 Å². The molecule has 1 saturated carbocycles. The maximum atomic E-state index is 13.1. The second-order valence-corrected chi connectivity index (χ2v) is 9.52. The monoisotopic (exact) mass is 556 g/mol. The van der Waals surface area contributed by atoms with E-state index in [0.717, 1.165) is 40.3 Å². The number of fused-ring (bicyclic) bond motifs is 2. The van der Waals surface area contributed by atoms with E-state index in [1.54, 1.807) is 5.48 Å². The number of carbonyl (C=O) groups is 3. The summed E-state index contributed by atoms with van der Waals surface area (Å²) in [6.07, 6.45) is -0.876. The van der Waals surface area contributed by atoms with Gasteiger partial charge in [-0.05, 0) is 55.7 Å². The van der Waals surface area contributed by atoms with Crippen LogP contribution in [0, 0.1) is 12.8 Å². The topological polar surface area (TPSA) is 134 Å². The molecule has 1 fully saturated rings. The Labute approximate surface area is 226 Å². The zero-order valence-corrected chi connectivity index (χ0v) is 21.4. The van der Waals surface area contributed by atoms with Gasteiger partial charge in [0.2, 0.25) is 5.91 Å². The highest BCUT2D eigenvalue weighted by Gasteiger charge is 2.38. The second-order valence-electron chi connectivity index (χ2n) is 9.52. The van der Waals surface area contributed by atoms with Crippen LogP contribution in [0.2, 0.25) is 0 Å². The average molecular weight is 557 g/mol. The maximum absolute atomic E-state index is 13.1. The lowest BCUT2D eigenvalue weighted by atomic mass is 10.0. The number of para-hydroxylation sites is 1. The Morgan fingerprint density at radius 1 is 1.05 bits per heavy atom. The Morgan fingerprint density at radius 3 is 2.48 bits per heavy atom. The largest absolute Gasteiger partial charge is 0.490 e. The molecule has 1 aliphatic rings. The van der Waals surface area contributed by atoms with Gasteiger partial charge in [0.1, 0.15) is 0 Å². The van der Waals surface area contributed by atoms with E-state index in [-0.39, 0.29) is 11.9 Å². The third-order valence-corrected chi connectivity index (χ3v) is 6.85. The molecule has 2 unspecified atom stereocenters. The van der Waals surface area contributed by atoms with Crippen molar-refractivity contribution in [2.24, 2.45) is 5.92 Å². The minimum Gasteiger partial charge on any atom is -0.475 e. The number of amides is 2. The first-order chi connectivity index (χ1) is 19.0. The molecule has 2 heterocycles. The normalized spacial score (nSPS) is 16.8. The van der Waals surface area contributed by atoms with Crippen LogP contribution in [0.1, 0.15) is 40.9 Å². The molecular weight excluding hydrogens is 529 g/mol.